The molecule has 0 saturated carbocycles. The molecule has 0 bridgehead atoms. The molecule has 0 unspecified atom stereocenters. The molecule has 0 heterocycles. The van der Waals surface area contributed by atoms with Crippen LogP contribution < -0.4 is 0 Å². The van der Waals surface area contributed by atoms with E-state index in [4.69, 9.17) is 0 Å². The van der Waals surface area contributed by atoms with Crippen molar-refractivity contribution in [2.75, 3.05) is 0 Å². The predicted octanol–water partition coefficient (Wildman–Crippen LogP) is 3.01. The third kappa shape index (κ3) is 3.08. The summed E-state index contributed by atoms with van der Waals surface area (Å²) < 4.78 is 0. The first-order valence-electron chi connectivity index (χ1n) is 3.65. The summed E-state index contributed by atoms with van der Waals surface area (Å²) in [6.07, 6.45) is 19.0. The SMILES string of the molecule is C1=C\C=C\C=C/CC\C=C/1. The van der Waals surface area contributed by atoms with Gasteiger partial charge >= 0.3 is 0 Å². The molecule has 0 saturated heterocycles. The van der Waals surface area contributed by atoms with Crippen LogP contribution in [0.3, 0.4) is 0 Å². The highest BCUT2D eigenvalue weighted by atomic mass is 13.8. The van der Waals surface area contributed by atoms with Crippen LogP contribution in [0.25, 0.3) is 0 Å². The van der Waals surface area contributed by atoms with Crippen molar-refractivity contribution in [2.24, 2.45) is 0 Å². The lowest BCUT2D eigenvalue weighted by Crippen LogP contribution is -1.64. The van der Waals surface area contributed by atoms with Gasteiger partial charge in [-0.2, -0.15) is 0 Å². The van der Waals surface area contributed by atoms with Crippen LogP contribution in [0.2, 0.25) is 0 Å². The van der Waals surface area contributed by atoms with Crippen molar-refractivity contribution in [3.8, 4) is 0 Å². The lowest BCUT2D eigenvalue weighted by molar-refractivity contribution is 1.05. The fourth-order valence-electron chi connectivity index (χ4n) is 0.799. The highest BCUT2D eigenvalue weighted by molar-refractivity contribution is 5.16. The van der Waals surface area contributed by atoms with Crippen molar-refractivity contribution in [3.05, 3.63) is 48.6 Å². The summed E-state index contributed by atoms with van der Waals surface area (Å²) in [5.41, 5.74) is 0. The number of rotatable bonds is 0. The molecule has 10 heavy (non-hydrogen) atoms. The molecule has 0 N–H and O–H groups in total. The van der Waals surface area contributed by atoms with Crippen LogP contribution >= 0.6 is 0 Å². The van der Waals surface area contributed by atoms with E-state index in [1.165, 1.54) is 0 Å². The van der Waals surface area contributed by atoms with E-state index in [1.807, 2.05) is 12.2 Å². The Balaban J connectivity index is 2.53. The van der Waals surface area contributed by atoms with Gasteiger partial charge in [0, 0.05) is 0 Å². The highest BCUT2D eigenvalue weighted by Crippen LogP contribution is 1.95. The molecular weight excluding hydrogens is 120 g/mol. The minimum absolute atomic E-state index is 1.15. The molecule has 1 aliphatic carbocycles. The van der Waals surface area contributed by atoms with Crippen molar-refractivity contribution in [2.45, 2.75) is 12.8 Å². The molecule has 0 fully saturated rings. The summed E-state index contributed by atoms with van der Waals surface area (Å²) in [6.45, 7) is 0. The summed E-state index contributed by atoms with van der Waals surface area (Å²) in [5, 5.41) is 0. The van der Waals surface area contributed by atoms with E-state index in [2.05, 4.69) is 36.5 Å². The molecule has 0 aromatic carbocycles. The van der Waals surface area contributed by atoms with Gasteiger partial charge in [0.05, 0.1) is 0 Å². The quantitative estimate of drug-likeness (QED) is 0.475. The smallest absolute Gasteiger partial charge is 0.0313 e. The standard InChI is InChI=1S/C10H12/c1-2-4-6-8-10-9-7-5-3-1/h1-8H,9-10H2/b3-1-,4-2+,7-5-,8-6-. The Morgan fingerprint density at radius 1 is 0.500 bits per heavy atom. The van der Waals surface area contributed by atoms with E-state index in [0.717, 1.165) is 12.8 Å². The van der Waals surface area contributed by atoms with E-state index in [-0.39, 0.29) is 0 Å². The van der Waals surface area contributed by atoms with Gasteiger partial charge in [0.15, 0.2) is 0 Å². The molecule has 0 radical (unpaired) electrons. The molecule has 0 heteroatoms. The maximum atomic E-state index is 2.18. The average molecular weight is 132 g/mol. The Kier molecular flexibility index (Phi) is 3.40. The first-order chi connectivity index (χ1) is 5.00. The lowest BCUT2D eigenvalue weighted by Gasteiger charge is -1.85. The molecule has 0 aromatic rings. The molecule has 0 aliphatic heterocycles. The van der Waals surface area contributed by atoms with Gasteiger partial charge in [0.25, 0.3) is 0 Å². The molecule has 0 amide bonds. The zero-order valence-corrected chi connectivity index (χ0v) is 6.03. The van der Waals surface area contributed by atoms with Gasteiger partial charge in [0.1, 0.15) is 0 Å². The molecule has 1 aliphatic rings. The fraction of sp³-hybridized carbons (Fsp3) is 0.200. The third-order valence-corrected chi connectivity index (χ3v) is 1.33. The number of hydrogen-bond donors (Lipinski definition) is 0. The van der Waals surface area contributed by atoms with Crippen LogP contribution in [-0.4, -0.2) is 0 Å². The van der Waals surface area contributed by atoms with Crippen LogP contribution in [0, 0.1) is 0 Å². The summed E-state index contributed by atoms with van der Waals surface area (Å²) in [7, 11) is 0. The molecular formula is C10H12. The zero-order valence-electron chi connectivity index (χ0n) is 6.03. The summed E-state index contributed by atoms with van der Waals surface area (Å²) >= 11 is 0. The topological polar surface area (TPSA) is 0 Å². The fourth-order valence-corrected chi connectivity index (χ4v) is 0.799. The van der Waals surface area contributed by atoms with Crippen LogP contribution in [-0.2, 0) is 0 Å². The normalized spacial score (nSPS) is 30.4. The molecule has 0 spiro atoms. The number of allylic oxidation sites excluding steroid dienone is 8. The third-order valence-electron chi connectivity index (χ3n) is 1.33. The Morgan fingerprint density at radius 2 is 0.900 bits per heavy atom. The monoisotopic (exact) mass is 132 g/mol. The maximum Gasteiger partial charge on any atom is -0.0313 e. The first-order valence-corrected chi connectivity index (χ1v) is 3.65. The van der Waals surface area contributed by atoms with E-state index in [0.29, 0.717) is 0 Å². The predicted molar refractivity (Wildman–Crippen MR) is 45.8 cm³/mol. The largest absolute Gasteiger partial charge is 0.0842 e. The molecule has 0 nitrogen and oxygen atoms in total. The minimum atomic E-state index is 1.15. The summed E-state index contributed by atoms with van der Waals surface area (Å²) in [5.74, 6) is 0. The highest BCUT2D eigenvalue weighted by Gasteiger charge is 1.74. The van der Waals surface area contributed by atoms with Crippen molar-refractivity contribution < 1.29 is 0 Å². The second-order valence-electron chi connectivity index (χ2n) is 2.20. The van der Waals surface area contributed by atoms with Crippen LogP contribution in [0.1, 0.15) is 12.8 Å². The number of hydrogen-bond acceptors (Lipinski definition) is 0. The molecule has 1 rings (SSSR count). The van der Waals surface area contributed by atoms with Crippen LogP contribution in [0.5, 0.6) is 0 Å². The zero-order chi connectivity index (χ0) is 7.07. The van der Waals surface area contributed by atoms with Gasteiger partial charge in [-0.25, -0.2) is 0 Å². The Hall–Kier alpha value is -1.04. The van der Waals surface area contributed by atoms with Gasteiger partial charge in [-0.1, -0.05) is 48.6 Å². The summed E-state index contributed by atoms with van der Waals surface area (Å²) in [4.78, 5) is 0. The van der Waals surface area contributed by atoms with Crippen molar-refractivity contribution in [3.63, 3.8) is 0 Å². The van der Waals surface area contributed by atoms with Crippen molar-refractivity contribution >= 4 is 0 Å². The average Bonchev–Trinajstić information content (AvgIpc) is 2.01. The maximum absolute atomic E-state index is 2.18. The molecule has 0 atom stereocenters. The van der Waals surface area contributed by atoms with E-state index < -0.39 is 0 Å². The van der Waals surface area contributed by atoms with Crippen molar-refractivity contribution in [1.29, 1.82) is 0 Å². The minimum Gasteiger partial charge on any atom is -0.0842 e. The van der Waals surface area contributed by atoms with Crippen molar-refractivity contribution in [1.82, 2.24) is 0 Å². The second-order valence-corrected chi connectivity index (χ2v) is 2.20. The lowest BCUT2D eigenvalue weighted by atomic mass is 10.2. The van der Waals surface area contributed by atoms with E-state index >= 15 is 0 Å². The molecule has 0 aromatic heterocycles. The summed E-state index contributed by atoms with van der Waals surface area (Å²) in [6, 6.07) is 0. The van der Waals surface area contributed by atoms with Gasteiger partial charge in [0.2, 0.25) is 0 Å². The van der Waals surface area contributed by atoms with Gasteiger partial charge in [-0.05, 0) is 12.8 Å². The molecule has 52 valence electrons. The van der Waals surface area contributed by atoms with Crippen LogP contribution in [0.4, 0.5) is 0 Å². The van der Waals surface area contributed by atoms with Gasteiger partial charge in [-0.3, -0.25) is 0 Å². The van der Waals surface area contributed by atoms with Crippen LogP contribution in [0.15, 0.2) is 48.6 Å². The van der Waals surface area contributed by atoms with E-state index in [9.17, 15) is 0 Å². The Morgan fingerprint density at radius 3 is 1.40 bits per heavy atom. The van der Waals surface area contributed by atoms with Gasteiger partial charge < -0.3 is 0 Å². The van der Waals surface area contributed by atoms with Gasteiger partial charge in [-0.15, -0.1) is 0 Å². The Labute approximate surface area is 62.3 Å². The second kappa shape index (κ2) is 4.80. The Bertz CT molecular complexity index is 158. The van der Waals surface area contributed by atoms with E-state index in [1.54, 1.807) is 0 Å². The first kappa shape index (κ1) is 7.07.